The number of rotatable bonds is 6. The maximum Gasteiger partial charge on any atom is 0.411 e. The molecule has 0 bridgehead atoms. The molecular formula is C9H16F3NO. The molecule has 2 nitrogen and oxygen atoms in total. The molecule has 0 amide bonds. The molecule has 2 atom stereocenters. The molecule has 2 unspecified atom stereocenters. The second kappa shape index (κ2) is 4.98. The van der Waals surface area contributed by atoms with Crippen LogP contribution in [-0.2, 0) is 4.74 Å². The van der Waals surface area contributed by atoms with Crippen LogP contribution in [0.2, 0.25) is 0 Å². The Morgan fingerprint density at radius 2 is 2.14 bits per heavy atom. The molecule has 5 heteroatoms. The molecule has 0 aromatic heterocycles. The molecule has 0 heterocycles. The van der Waals surface area contributed by atoms with Crippen molar-refractivity contribution in [3.8, 4) is 0 Å². The minimum absolute atomic E-state index is 0.131. The summed E-state index contributed by atoms with van der Waals surface area (Å²) in [6.45, 7) is 1.62. The van der Waals surface area contributed by atoms with Gasteiger partial charge in [0.2, 0.25) is 0 Å². The van der Waals surface area contributed by atoms with Crippen molar-refractivity contribution >= 4 is 0 Å². The predicted molar refractivity (Wildman–Crippen MR) is 47.1 cm³/mol. The summed E-state index contributed by atoms with van der Waals surface area (Å²) in [7, 11) is 0. The average Bonchev–Trinajstić information content (AvgIpc) is 2.80. The zero-order valence-electron chi connectivity index (χ0n) is 8.23. The van der Waals surface area contributed by atoms with E-state index < -0.39 is 12.8 Å². The molecule has 84 valence electrons. The van der Waals surface area contributed by atoms with Gasteiger partial charge in [0.05, 0.1) is 6.61 Å². The molecule has 0 radical (unpaired) electrons. The van der Waals surface area contributed by atoms with Crippen LogP contribution < -0.4 is 5.32 Å². The lowest BCUT2D eigenvalue weighted by Gasteiger charge is -2.08. The molecule has 1 rings (SSSR count). The minimum atomic E-state index is -4.20. The van der Waals surface area contributed by atoms with E-state index in [1.165, 1.54) is 0 Å². The maximum atomic E-state index is 11.6. The van der Waals surface area contributed by atoms with E-state index in [-0.39, 0.29) is 6.61 Å². The van der Waals surface area contributed by atoms with E-state index in [9.17, 15) is 13.2 Å². The molecule has 1 aliphatic carbocycles. The van der Waals surface area contributed by atoms with Crippen molar-refractivity contribution in [2.24, 2.45) is 5.92 Å². The molecule has 0 aromatic rings. The standard InChI is InChI=1S/C9H16F3NO/c1-2-7-5-8(7)13-3-4-14-6-9(10,11)12/h7-8,13H,2-6H2,1H3. The number of nitrogens with one attached hydrogen (secondary N) is 1. The van der Waals surface area contributed by atoms with Crippen molar-refractivity contribution in [1.82, 2.24) is 5.32 Å². The van der Waals surface area contributed by atoms with Crippen LogP contribution in [0.1, 0.15) is 19.8 Å². The van der Waals surface area contributed by atoms with Gasteiger partial charge in [-0.15, -0.1) is 0 Å². The van der Waals surface area contributed by atoms with Gasteiger partial charge in [0, 0.05) is 12.6 Å². The third-order valence-corrected chi connectivity index (χ3v) is 2.37. The van der Waals surface area contributed by atoms with Crippen LogP contribution in [0.25, 0.3) is 0 Å². The molecule has 14 heavy (non-hydrogen) atoms. The summed E-state index contributed by atoms with van der Waals surface area (Å²) in [6.07, 6.45) is -1.91. The molecule has 0 aliphatic heterocycles. The van der Waals surface area contributed by atoms with Gasteiger partial charge in [-0.1, -0.05) is 13.3 Å². The summed E-state index contributed by atoms with van der Waals surface area (Å²) in [5.74, 6) is 0.720. The number of alkyl halides is 3. The zero-order chi connectivity index (χ0) is 10.6. The van der Waals surface area contributed by atoms with Gasteiger partial charge in [0.25, 0.3) is 0 Å². The summed E-state index contributed by atoms with van der Waals surface area (Å²) in [5.41, 5.74) is 0. The fourth-order valence-electron chi connectivity index (χ4n) is 1.45. The van der Waals surface area contributed by atoms with Gasteiger partial charge in [0.1, 0.15) is 6.61 Å². The van der Waals surface area contributed by atoms with Gasteiger partial charge in [0.15, 0.2) is 0 Å². The Bertz CT molecular complexity index is 172. The molecule has 1 fully saturated rings. The smallest absolute Gasteiger partial charge is 0.371 e. The lowest BCUT2D eigenvalue weighted by Crippen LogP contribution is -2.26. The van der Waals surface area contributed by atoms with E-state index >= 15 is 0 Å². The Kier molecular flexibility index (Phi) is 4.19. The van der Waals surface area contributed by atoms with Crippen molar-refractivity contribution in [2.75, 3.05) is 19.8 Å². The molecule has 0 spiro atoms. The van der Waals surface area contributed by atoms with Crippen molar-refractivity contribution in [3.05, 3.63) is 0 Å². The monoisotopic (exact) mass is 211 g/mol. The van der Waals surface area contributed by atoms with E-state index in [4.69, 9.17) is 0 Å². The highest BCUT2D eigenvalue weighted by Gasteiger charge is 2.34. The summed E-state index contributed by atoms with van der Waals surface area (Å²) in [5, 5.41) is 3.15. The highest BCUT2D eigenvalue weighted by molar-refractivity contribution is 4.91. The van der Waals surface area contributed by atoms with Crippen LogP contribution in [-0.4, -0.2) is 32.0 Å². The molecule has 1 aliphatic rings. The molecule has 0 saturated heterocycles. The Balaban J connectivity index is 1.86. The highest BCUT2D eigenvalue weighted by atomic mass is 19.4. The zero-order valence-corrected chi connectivity index (χ0v) is 8.23. The lowest BCUT2D eigenvalue weighted by molar-refractivity contribution is -0.173. The summed E-state index contributed by atoms with van der Waals surface area (Å²) >= 11 is 0. The number of hydrogen-bond acceptors (Lipinski definition) is 2. The Morgan fingerprint density at radius 3 is 2.64 bits per heavy atom. The lowest BCUT2D eigenvalue weighted by atomic mass is 10.3. The van der Waals surface area contributed by atoms with Crippen LogP contribution in [0.3, 0.4) is 0 Å². The quantitative estimate of drug-likeness (QED) is 0.678. The van der Waals surface area contributed by atoms with Gasteiger partial charge < -0.3 is 10.1 Å². The van der Waals surface area contributed by atoms with Gasteiger partial charge in [-0.3, -0.25) is 0 Å². The van der Waals surface area contributed by atoms with E-state index in [0.717, 1.165) is 18.8 Å². The minimum Gasteiger partial charge on any atom is -0.371 e. The van der Waals surface area contributed by atoms with E-state index in [1.54, 1.807) is 0 Å². The fourth-order valence-corrected chi connectivity index (χ4v) is 1.45. The SMILES string of the molecule is CCC1CC1NCCOCC(F)(F)F. The average molecular weight is 211 g/mol. The number of halogens is 3. The van der Waals surface area contributed by atoms with Crippen LogP contribution in [0, 0.1) is 5.92 Å². The first kappa shape index (κ1) is 11.8. The van der Waals surface area contributed by atoms with E-state index in [0.29, 0.717) is 12.6 Å². The molecule has 0 aromatic carbocycles. The van der Waals surface area contributed by atoms with Crippen LogP contribution in [0.5, 0.6) is 0 Å². The molecule has 1 N–H and O–H groups in total. The largest absolute Gasteiger partial charge is 0.411 e. The Labute approximate surface area is 81.8 Å². The first-order valence-corrected chi connectivity index (χ1v) is 4.91. The fraction of sp³-hybridized carbons (Fsp3) is 1.00. The van der Waals surface area contributed by atoms with Gasteiger partial charge >= 0.3 is 6.18 Å². The summed E-state index contributed by atoms with van der Waals surface area (Å²) < 4.78 is 39.3. The second-order valence-corrected chi connectivity index (χ2v) is 3.63. The third kappa shape index (κ3) is 4.81. The van der Waals surface area contributed by atoms with Gasteiger partial charge in [-0.25, -0.2) is 0 Å². The van der Waals surface area contributed by atoms with Crippen molar-refractivity contribution in [3.63, 3.8) is 0 Å². The summed E-state index contributed by atoms with van der Waals surface area (Å²) in [4.78, 5) is 0. The van der Waals surface area contributed by atoms with Gasteiger partial charge in [-0.05, 0) is 12.3 Å². The van der Waals surface area contributed by atoms with Crippen LogP contribution >= 0.6 is 0 Å². The van der Waals surface area contributed by atoms with Crippen LogP contribution in [0.4, 0.5) is 13.2 Å². The topological polar surface area (TPSA) is 21.3 Å². The molecule has 1 saturated carbocycles. The van der Waals surface area contributed by atoms with Crippen molar-refractivity contribution < 1.29 is 17.9 Å². The predicted octanol–water partition coefficient (Wildman–Crippen LogP) is 1.95. The normalized spacial score (nSPS) is 26.6. The summed E-state index contributed by atoms with van der Waals surface area (Å²) in [6, 6.07) is 0.509. The first-order valence-electron chi connectivity index (χ1n) is 4.91. The maximum absolute atomic E-state index is 11.6. The third-order valence-electron chi connectivity index (χ3n) is 2.37. The Morgan fingerprint density at radius 1 is 1.43 bits per heavy atom. The van der Waals surface area contributed by atoms with Crippen molar-refractivity contribution in [1.29, 1.82) is 0 Å². The van der Waals surface area contributed by atoms with Crippen molar-refractivity contribution in [2.45, 2.75) is 32.0 Å². The number of hydrogen-bond donors (Lipinski definition) is 1. The van der Waals surface area contributed by atoms with Crippen LogP contribution in [0.15, 0.2) is 0 Å². The first-order chi connectivity index (χ1) is 6.53. The Hall–Kier alpha value is -0.290. The number of ether oxygens (including phenoxy) is 1. The second-order valence-electron chi connectivity index (χ2n) is 3.63. The van der Waals surface area contributed by atoms with E-state index in [1.807, 2.05) is 0 Å². The van der Waals surface area contributed by atoms with Gasteiger partial charge in [-0.2, -0.15) is 13.2 Å². The molecular weight excluding hydrogens is 195 g/mol. The van der Waals surface area contributed by atoms with E-state index in [2.05, 4.69) is 17.0 Å². The highest BCUT2D eigenvalue weighted by Crippen LogP contribution is 2.32.